The molecule has 2 nitrogen and oxygen atoms in total. The zero-order valence-electron chi connectivity index (χ0n) is 12.9. The molecule has 0 fully saturated rings. The number of rotatable bonds is 2. The van der Waals surface area contributed by atoms with Crippen LogP contribution in [-0.2, 0) is 17.6 Å². The van der Waals surface area contributed by atoms with Gasteiger partial charge in [0.2, 0.25) is 5.91 Å². The average molecular weight is 279 g/mol. The number of hydrogen-bond donors (Lipinski definition) is 0. The average Bonchev–Trinajstić information content (AvgIpc) is 2.77. The number of nitrogens with zero attached hydrogens (tertiary/aromatic N) is 1. The minimum atomic E-state index is 0.194. The Morgan fingerprint density at radius 3 is 2.71 bits per heavy atom. The van der Waals surface area contributed by atoms with Crippen molar-refractivity contribution in [2.24, 2.45) is 0 Å². The van der Waals surface area contributed by atoms with E-state index in [0.29, 0.717) is 6.42 Å². The number of amides is 1. The molecule has 1 heterocycles. The standard InChI is InChI=1S/C19H21NO/c1-13-8-9-16(14(2)10-13)12-19(21)20-15(3)11-17-6-4-5-7-18(17)20/h4-10,15H,11-12H2,1-3H3/t15-/m0/s1. The van der Waals surface area contributed by atoms with Gasteiger partial charge in [0.15, 0.2) is 0 Å². The largest absolute Gasteiger partial charge is 0.309 e. The predicted molar refractivity (Wildman–Crippen MR) is 86.7 cm³/mol. The van der Waals surface area contributed by atoms with E-state index in [0.717, 1.165) is 17.7 Å². The van der Waals surface area contributed by atoms with Gasteiger partial charge in [0.05, 0.1) is 6.42 Å². The summed E-state index contributed by atoms with van der Waals surface area (Å²) in [5.41, 5.74) is 5.92. The second kappa shape index (κ2) is 5.36. The van der Waals surface area contributed by atoms with Crippen LogP contribution < -0.4 is 4.90 Å². The van der Waals surface area contributed by atoms with E-state index in [-0.39, 0.29) is 11.9 Å². The number of carbonyl (C=O) groups is 1. The third kappa shape index (κ3) is 2.58. The SMILES string of the molecule is Cc1ccc(CC(=O)N2c3ccccc3C[C@@H]2C)c(C)c1. The fraction of sp³-hybridized carbons (Fsp3) is 0.316. The molecular weight excluding hydrogens is 258 g/mol. The zero-order chi connectivity index (χ0) is 15.0. The normalized spacial score (nSPS) is 16.9. The molecule has 0 aromatic heterocycles. The van der Waals surface area contributed by atoms with Crippen LogP contribution in [0, 0.1) is 13.8 Å². The van der Waals surface area contributed by atoms with Crippen molar-refractivity contribution < 1.29 is 4.79 Å². The van der Waals surface area contributed by atoms with Gasteiger partial charge in [-0.1, -0.05) is 42.0 Å². The van der Waals surface area contributed by atoms with Crippen LogP contribution in [0.3, 0.4) is 0 Å². The Bertz CT molecular complexity index is 690. The summed E-state index contributed by atoms with van der Waals surface area (Å²) < 4.78 is 0. The summed E-state index contributed by atoms with van der Waals surface area (Å²) in [6.45, 7) is 6.29. The number of hydrogen-bond acceptors (Lipinski definition) is 1. The van der Waals surface area contributed by atoms with Gasteiger partial charge in [-0.15, -0.1) is 0 Å². The van der Waals surface area contributed by atoms with Crippen molar-refractivity contribution in [3.05, 3.63) is 64.7 Å². The quantitative estimate of drug-likeness (QED) is 0.818. The van der Waals surface area contributed by atoms with E-state index >= 15 is 0 Å². The van der Waals surface area contributed by atoms with Crippen LogP contribution in [0.5, 0.6) is 0 Å². The monoisotopic (exact) mass is 279 g/mol. The van der Waals surface area contributed by atoms with E-state index in [1.165, 1.54) is 16.7 Å². The van der Waals surface area contributed by atoms with Gasteiger partial charge in [-0.2, -0.15) is 0 Å². The second-order valence-corrected chi connectivity index (χ2v) is 6.05. The number of carbonyl (C=O) groups excluding carboxylic acids is 1. The van der Waals surface area contributed by atoms with Crippen molar-refractivity contribution >= 4 is 11.6 Å². The highest BCUT2D eigenvalue weighted by Crippen LogP contribution is 2.32. The first-order valence-electron chi connectivity index (χ1n) is 7.52. The molecule has 3 rings (SSSR count). The minimum absolute atomic E-state index is 0.194. The molecule has 0 aliphatic carbocycles. The number of para-hydroxylation sites is 1. The molecule has 0 spiro atoms. The van der Waals surface area contributed by atoms with Gasteiger partial charge in [0.25, 0.3) is 0 Å². The molecule has 0 radical (unpaired) electrons. The summed E-state index contributed by atoms with van der Waals surface area (Å²) in [5, 5.41) is 0. The van der Waals surface area contributed by atoms with Crippen molar-refractivity contribution in [1.29, 1.82) is 0 Å². The summed E-state index contributed by atoms with van der Waals surface area (Å²) in [6.07, 6.45) is 1.43. The molecule has 1 atom stereocenters. The molecule has 108 valence electrons. The Hall–Kier alpha value is -2.09. The van der Waals surface area contributed by atoms with Crippen LogP contribution in [0.2, 0.25) is 0 Å². The van der Waals surface area contributed by atoms with E-state index in [1.54, 1.807) is 0 Å². The highest BCUT2D eigenvalue weighted by Gasteiger charge is 2.30. The molecule has 0 N–H and O–H groups in total. The fourth-order valence-electron chi connectivity index (χ4n) is 3.24. The molecule has 1 amide bonds. The van der Waals surface area contributed by atoms with Crippen molar-refractivity contribution in [3.63, 3.8) is 0 Å². The highest BCUT2D eigenvalue weighted by atomic mass is 16.2. The van der Waals surface area contributed by atoms with E-state index in [1.807, 2.05) is 17.0 Å². The van der Waals surface area contributed by atoms with Gasteiger partial charge in [0, 0.05) is 11.7 Å². The van der Waals surface area contributed by atoms with Crippen LogP contribution in [0.25, 0.3) is 0 Å². The fourth-order valence-corrected chi connectivity index (χ4v) is 3.24. The third-order valence-corrected chi connectivity index (χ3v) is 4.32. The number of anilines is 1. The van der Waals surface area contributed by atoms with E-state index < -0.39 is 0 Å². The molecule has 21 heavy (non-hydrogen) atoms. The third-order valence-electron chi connectivity index (χ3n) is 4.32. The van der Waals surface area contributed by atoms with Gasteiger partial charge in [-0.3, -0.25) is 4.79 Å². The first-order chi connectivity index (χ1) is 10.1. The van der Waals surface area contributed by atoms with Gasteiger partial charge < -0.3 is 4.90 Å². The second-order valence-electron chi connectivity index (χ2n) is 6.05. The molecule has 1 aliphatic rings. The van der Waals surface area contributed by atoms with E-state index in [4.69, 9.17) is 0 Å². The minimum Gasteiger partial charge on any atom is -0.309 e. The molecular formula is C19H21NO. The Morgan fingerprint density at radius 2 is 1.95 bits per heavy atom. The summed E-state index contributed by atoms with van der Waals surface area (Å²) in [6, 6.07) is 14.8. The van der Waals surface area contributed by atoms with Crippen molar-refractivity contribution in [2.45, 2.75) is 39.7 Å². The molecule has 0 saturated heterocycles. The Kier molecular flexibility index (Phi) is 3.54. The smallest absolute Gasteiger partial charge is 0.231 e. The molecule has 0 bridgehead atoms. The molecule has 2 heteroatoms. The van der Waals surface area contributed by atoms with Gasteiger partial charge in [-0.05, 0) is 49.9 Å². The molecule has 1 aliphatic heterocycles. The van der Waals surface area contributed by atoms with Gasteiger partial charge >= 0.3 is 0 Å². The van der Waals surface area contributed by atoms with Crippen molar-refractivity contribution in [2.75, 3.05) is 4.90 Å². The lowest BCUT2D eigenvalue weighted by atomic mass is 10.0. The summed E-state index contributed by atoms with van der Waals surface area (Å²) in [5.74, 6) is 0.194. The maximum atomic E-state index is 12.8. The summed E-state index contributed by atoms with van der Waals surface area (Å²) in [4.78, 5) is 14.7. The Labute approximate surface area is 126 Å². The van der Waals surface area contributed by atoms with Crippen LogP contribution >= 0.6 is 0 Å². The lowest BCUT2D eigenvalue weighted by Crippen LogP contribution is -2.36. The zero-order valence-corrected chi connectivity index (χ0v) is 12.9. The van der Waals surface area contributed by atoms with Crippen molar-refractivity contribution in [1.82, 2.24) is 0 Å². The molecule has 0 saturated carbocycles. The molecule has 2 aromatic carbocycles. The number of fused-ring (bicyclic) bond motifs is 1. The topological polar surface area (TPSA) is 20.3 Å². The molecule has 0 unspecified atom stereocenters. The van der Waals surface area contributed by atoms with Gasteiger partial charge in [-0.25, -0.2) is 0 Å². The van der Waals surface area contributed by atoms with Crippen LogP contribution in [0.4, 0.5) is 5.69 Å². The van der Waals surface area contributed by atoms with E-state index in [2.05, 4.69) is 51.1 Å². The Morgan fingerprint density at radius 1 is 1.19 bits per heavy atom. The summed E-state index contributed by atoms with van der Waals surface area (Å²) >= 11 is 0. The van der Waals surface area contributed by atoms with Crippen LogP contribution in [0.15, 0.2) is 42.5 Å². The van der Waals surface area contributed by atoms with Gasteiger partial charge in [0.1, 0.15) is 0 Å². The van der Waals surface area contributed by atoms with E-state index in [9.17, 15) is 4.79 Å². The predicted octanol–water partition coefficient (Wildman–Crippen LogP) is 3.82. The lowest BCUT2D eigenvalue weighted by Gasteiger charge is -2.23. The maximum absolute atomic E-state index is 12.8. The lowest BCUT2D eigenvalue weighted by molar-refractivity contribution is -0.118. The number of aryl methyl sites for hydroxylation is 2. The number of benzene rings is 2. The summed E-state index contributed by atoms with van der Waals surface area (Å²) in [7, 11) is 0. The molecule has 2 aromatic rings. The van der Waals surface area contributed by atoms with Crippen LogP contribution in [-0.4, -0.2) is 11.9 Å². The van der Waals surface area contributed by atoms with Crippen molar-refractivity contribution in [3.8, 4) is 0 Å². The highest BCUT2D eigenvalue weighted by molar-refractivity contribution is 5.97. The first kappa shape index (κ1) is 13.9. The first-order valence-corrected chi connectivity index (χ1v) is 7.52. The Balaban J connectivity index is 1.86. The van der Waals surface area contributed by atoms with Crippen LogP contribution in [0.1, 0.15) is 29.2 Å². The maximum Gasteiger partial charge on any atom is 0.231 e.